The number of carbonyl (C=O) groups is 1. The summed E-state index contributed by atoms with van der Waals surface area (Å²) in [6.07, 6.45) is 3.72. The molecule has 2 aromatic heterocycles. The van der Waals surface area contributed by atoms with Gasteiger partial charge >= 0.3 is 6.09 Å². The van der Waals surface area contributed by atoms with Crippen LogP contribution in [0.4, 0.5) is 9.18 Å². The monoisotopic (exact) mass is 485 g/mol. The summed E-state index contributed by atoms with van der Waals surface area (Å²) in [4.78, 5) is 18.9. The predicted octanol–water partition coefficient (Wildman–Crippen LogP) is 4.97. The SMILES string of the molecule is CC(C)(C)OC(=O)N1CC2C(C1)C2c1c(C#CCO)n(C2CC2)c2c(F)c(Cl)nc(C3CC3)c12. The molecular formula is C26H29ClFN3O3. The first-order chi connectivity index (χ1) is 16.2. The number of likely N-dealkylation sites (tertiary alicyclic amines) is 1. The summed E-state index contributed by atoms with van der Waals surface area (Å²) in [5.74, 6) is 6.55. The van der Waals surface area contributed by atoms with E-state index in [0.29, 0.717) is 24.5 Å². The van der Waals surface area contributed by atoms with E-state index >= 15 is 4.39 Å². The lowest BCUT2D eigenvalue weighted by molar-refractivity contribution is 0.0271. The normalized spacial score (nSPS) is 25.8. The number of fused-ring (bicyclic) bond motifs is 2. The van der Waals surface area contributed by atoms with Gasteiger partial charge in [0.1, 0.15) is 12.2 Å². The molecule has 6 nitrogen and oxygen atoms in total. The molecule has 0 bridgehead atoms. The number of aromatic nitrogens is 2. The van der Waals surface area contributed by atoms with Gasteiger partial charge in [0.2, 0.25) is 0 Å². The van der Waals surface area contributed by atoms with Crippen molar-refractivity contribution >= 4 is 28.6 Å². The number of hydrogen-bond acceptors (Lipinski definition) is 4. The number of aliphatic hydroxyl groups is 1. The Labute approximate surface area is 203 Å². The van der Waals surface area contributed by atoms with Crippen LogP contribution in [0.5, 0.6) is 0 Å². The molecule has 2 atom stereocenters. The molecule has 180 valence electrons. The molecule has 0 aromatic carbocycles. The molecule has 3 saturated carbocycles. The first-order valence-electron chi connectivity index (χ1n) is 12.2. The predicted molar refractivity (Wildman–Crippen MR) is 126 cm³/mol. The highest BCUT2D eigenvalue weighted by Crippen LogP contribution is 2.62. The Morgan fingerprint density at radius 1 is 1.24 bits per heavy atom. The average molecular weight is 486 g/mol. The van der Waals surface area contributed by atoms with E-state index < -0.39 is 11.4 Å². The highest BCUT2D eigenvalue weighted by atomic mass is 35.5. The van der Waals surface area contributed by atoms with Crippen LogP contribution in [0.2, 0.25) is 5.15 Å². The van der Waals surface area contributed by atoms with Crippen molar-refractivity contribution in [3.63, 3.8) is 0 Å². The fourth-order valence-electron chi connectivity index (χ4n) is 5.75. The van der Waals surface area contributed by atoms with Gasteiger partial charge in [-0.25, -0.2) is 14.2 Å². The van der Waals surface area contributed by atoms with Gasteiger partial charge in [0.05, 0.1) is 16.9 Å². The molecule has 1 N–H and O–H groups in total. The van der Waals surface area contributed by atoms with Crippen LogP contribution in [0.1, 0.15) is 81.3 Å². The summed E-state index contributed by atoms with van der Waals surface area (Å²) in [5, 5.41) is 10.2. The number of piperidine rings is 1. The molecule has 6 rings (SSSR count). The Hall–Kier alpha value is -2.30. The maximum Gasteiger partial charge on any atom is 0.410 e. The topological polar surface area (TPSA) is 67.6 Å². The Bertz CT molecular complexity index is 1250. The van der Waals surface area contributed by atoms with Crippen molar-refractivity contribution < 1.29 is 19.0 Å². The molecule has 2 aromatic rings. The lowest BCUT2D eigenvalue weighted by Gasteiger charge is -2.26. The van der Waals surface area contributed by atoms with Crippen LogP contribution in [0.15, 0.2) is 0 Å². The van der Waals surface area contributed by atoms with Gasteiger partial charge in [-0.1, -0.05) is 17.5 Å². The van der Waals surface area contributed by atoms with Crippen LogP contribution in [0.3, 0.4) is 0 Å². The number of ether oxygens (including phenoxy) is 1. The number of carbonyl (C=O) groups excluding carboxylic acids is 1. The van der Waals surface area contributed by atoms with Gasteiger partial charge in [0.25, 0.3) is 0 Å². The first-order valence-corrected chi connectivity index (χ1v) is 12.6. The van der Waals surface area contributed by atoms with Gasteiger partial charge in [-0.05, 0) is 75.7 Å². The van der Waals surface area contributed by atoms with Crippen molar-refractivity contribution in [2.75, 3.05) is 19.7 Å². The highest BCUT2D eigenvalue weighted by molar-refractivity contribution is 6.30. The van der Waals surface area contributed by atoms with E-state index in [9.17, 15) is 9.90 Å². The summed E-state index contributed by atoms with van der Waals surface area (Å²) in [5.41, 5.74) is 2.72. The minimum Gasteiger partial charge on any atom is -0.444 e. The van der Waals surface area contributed by atoms with Crippen LogP contribution in [-0.2, 0) is 4.74 Å². The second-order valence-electron chi connectivity index (χ2n) is 11.2. The minimum atomic E-state index is -0.532. The second-order valence-corrected chi connectivity index (χ2v) is 11.5. The van der Waals surface area contributed by atoms with Gasteiger partial charge in [-0.15, -0.1) is 0 Å². The third-order valence-corrected chi connectivity index (χ3v) is 7.70. The molecular weight excluding hydrogens is 457 g/mol. The molecule has 0 radical (unpaired) electrons. The minimum absolute atomic E-state index is 0.0749. The molecule has 1 aliphatic heterocycles. The van der Waals surface area contributed by atoms with Crippen molar-refractivity contribution in [2.45, 2.75) is 69.9 Å². The maximum atomic E-state index is 15.5. The largest absolute Gasteiger partial charge is 0.444 e. The smallest absolute Gasteiger partial charge is 0.410 e. The summed E-state index contributed by atoms with van der Waals surface area (Å²) in [7, 11) is 0. The van der Waals surface area contributed by atoms with Crippen molar-refractivity contribution in [1.29, 1.82) is 0 Å². The van der Waals surface area contributed by atoms with E-state index in [1.165, 1.54) is 0 Å². The van der Waals surface area contributed by atoms with Gasteiger partial charge in [-0.3, -0.25) is 0 Å². The Morgan fingerprint density at radius 2 is 1.91 bits per heavy atom. The van der Waals surface area contributed by atoms with Crippen LogP contribution in [0, 0.1) is 29.5 Å². The molecule has 4 fully saturated rings. The van der Waals surface area contributed by atoms with Gasteiger partial charge in [0, 0.05) is 30.4 Å². The molecule has 0 spiro atoms. The van der Waals surface area contributed by atoms with Gasteiger partial charge in [0.15, 0.2) is 11.0 Å². The number of hydrogen-bond donors (Lipinski definition) is 1. The standard InChI is InChI=1S/C26H29ClFN3O3/c1-26(2,3)34-25(33)30-11-15-16(12-30)18(15)19-17(5-4-10-32)31(14-8-9-14)23-20(19)22(13-6-7-13)29-24(27)21(23)28/h13-16,18,32H,6-12H2,1-3H3. The van der Waals surface area contributed by atoms with Crippen LogP contribution in [-0.4, -0.2) is 50.9 Å². The molecule has 34 heavy (non-hydrogen) atoms. The Morgan fingerprint density at radius 3 is 2.47 bits per heavy atom. The zero-order valence-corrected chi connectivity index (χ0v) is 20.5. The van der Waals surface area contributed by atoms with Crippen molar-refractivity contribution in [3.8, 4) is 11.8 Å². The molecule has 1 amide bonds. The number of aliphatic hydroxyl groups excluding tert-OH is 1. The third-order valence-electron chi connectivity index (χ3n) is 7.45. The summed E-state index contributed by atoms with van der Waals surface area (Å²) in [6, 6.07) is 0.191. The Balaban J connectivity index is 1.45. The lowest BCUT2D eigenvalue weighted by Crippen LogP contribution is -2.36. The fourth-order valence-corrected chi connectivity index (χ4v) is 5.93. The van der Waals surface area contributed by atoms with Crippen LogP contribution in [0.25, 0.3) is 10.9 Å². The molecule has 8 heteroatoms. The zero-order chi connectivity index (χ0) is 23.9. The van der Waals surface area contributed by atoms with E-state index in [4.69, 9.17) is 16.3 Å². The van der Waals surface area contributed by atoms with Crippen LogP contribution >= 0.6 is 11.6 Å². The van der Waals surface area contributed by atoms with Gasteiger partial charge < -0.3 is 19.3 Å². The third kappa shape index (κ3) is 3.58. The van der Waals surface area contributed by atoms with E-state index in [1.807, 2.05) is 25.3 Å². The first kappa shape index (κ1) is 22.2. The lowest BCUT2D eigenvalue weighted by atomic mass is 9.99. The molecule has 1 saturated heterocycles. The summed E-state index contributed by atoms with van der Waals surface area (Å²) >= 11 is 6.29. The van der Waals surface area contributed by atoms with E-state index in [2.05, 4.69) is 16.8 Å². The molecule has 3 heterocycles. The molecule has 4 aliphatic rings. The Kier molecular flexibility index (Phi) is 4.96. The summed E-state index contributed by atoms with van der Waals surface area (Å²) < 4.78 is 23.1. The highest BCUT2D eigenvalue weighted by Gasteiger charge is 2.60. The maximum absolute atomic E-state index is 15.5. The number of halogens is 2. The molecule has 2 unspecified atom stereocenters. The number of pyridine rings is 1. The van der Waals surface area contributed by atoms with Crippen molar-refractivity contribution in [2.24, 2.45) is 11.8 Å². The van der Waals surface area contributed by atoms with Crippen molar-refractivity contribution in [3.05, 3.63) is 27.9 Å². The van der Waals surface area contributed by atoms with Gasteiger partial charge in [-0.2, -0.15) is 0 Å². The van der Waals surface area contributed by atoms with E-state index in [1.54, 1.807) is 4.90 Å². The molecule has 3 aliphatic carbocycles. The quantitative estimate of drug-likeness (QED) is 0.492. The van der Waals surface area contributed by atoms with Crippen molar-refractivity contribution in [1.82, 2.24) is 14.5 Å². The van der Waals surface area contributed by atoms with Crippen LogP contribution < -0.4 is 0 Å². The van der Waals surface area contributed by atoms with E-state index in [0.717, 1.165) is 48.0 Å². The average Bonchev–Trinajstić information content (AvgIpc) is 3.70. The number of amides is 1. The number of nitrogens with zero attached hydrogens (tertiary/aromatic N) is 3. The zero-order valence-electron chi connectivity index (χ0n) is 19.7. The fraction of sp³-hybridized carbons (Fsp3) is 0.615. The second kappa shape index (κ2) is 7.60. The van der Waals surface area contributed by atoms with E-state index in [-0.39, 0.29) is 41.6 Å². The number of rotatable bonds is 3. The summed E-state index contributed by atoms with van der Waals surface area (Å²) in [6.45, 7) is 6.60.